The molecule has 0 fully saturated rings. The molecule has 0 N–H and O–H groups in total. The van der Waals surface area contributed by atoms with E-state index in [2.05, 4.69) is 49.6 Å². The second-order valence-corrected chi connectivity index (χ2v) is 4.57. The number of benzene rings is 1. The highest BCUT2D eigenvalue weighted by molar-refractivity contribution is 7.13. The molecule has 0 saturated heterocycles. The molecule has 0 bridgehead atoms. The minimum Gasteiger partial charge on any atom is -0.134 e. The van der Waals surface area contributed by atoms with E-state index >= 15 is 0 Å². The van der Waals surface area contributed by atoms with Gasteiger partial charge in [-0.1, -0.05) is 38.1 Å². The van der Waals surface area contributed by atoms with Gasteiger partial charge in [0.1, 0.15) is 0 Å². The third kappa shape index (κ3) is 1.88. The Morgan fingerprint density at radius 2 is 1.79 bits per heavy atom. The molecule has 2 rings (SSSR count). The Hall–Kier alpha value is -1.08. The van der Waals surface area contributed by atoms with Crippen LogP contribution in [0.1, 0.15) is 25.3 Å². The van der Waals surface area contributed by atoms with Crippen molar-refractivity contribution in [2.45, 2.75) is 19.8 Å². The molecule has 0 atom stereocenters. The van der Waals surface area contributed by atoms with Gasteiger partial charge in [-0.15, -0.1) is 11.3 Å². The van der Waals surface area contributed by atoms with Crippen molar-refractivity contribution >= 4 is 11.3 Å². The average Bonchev–Trinajstić information content (AvgIpc) is 2.71. The van der Waals surface area contributed by atoms with Crippen LogP contribution in [-0.4, -0.2) is 0 Å². The van der Waals surface area contributed by atoms with Crippen molar-refractivity contribution in [1.82, 2.24) is 0 Å². The Morgan fingerprint density at radius 1 is 1.07 bits per heavy atom. The molecule has 1 heterocycles. The van der Waals surface area contributed by atoms with Crippen LogP contribution in [0.15, 0.2) is 36.4 Å². The Labute approximate surface area is 89.2 Å². The van der Waals surface area contributed by atoms with Crippen molar-refractivity contribution < 1.29 is 0 Å². The Kier molecular flexibility index (Phi) is 2.69. The van der Waals surface area contributed by atoms with Gasteiger partial charge in [0.05, 0.1) is 0 Å². The van der Waals surface area contributed by atoms with Crippen LogP contribution in [0.3, 0.4) is 0 Å². The van der Waals surface area contributed by atoms with E-state index in [1.807, 2.05) is 6.07 Å². The molecule has 0 spiro atoms. The van der Waals surface area contributed by atoms with Gasteiger partial charge < -0.3 is 0 Å². The Morgan fingerprint density at radius 3 is 2.29 bits per heavy atom. The summed E-state index contributed by atoms with van der Waals surface area (Å²) in [6.45, 7) is 4.43. The summed E-state index contributed by atoms with van der Waals surface area (Å²) >= 11 is 1.67. The fourth-order valence-corrected chi connectivity index (χ4v) is 2.08. The van der Waals surface area contributed by atoms with E-state index in [-0.39, 0.29) is 0 Å². The minimum absolute atomic E-state index is 0.610. The van der Waals surface area contributed by atoms with Gasteiger partial charge in [0.15, 0.2) is 0 Å². The Balaban J connectivity index is 2.31. The molecule has 0 aliphatic carbocycles. The van der Waals surface area contributed by atoms with Gasteiger partial charge in [-0.25, -0.2) is 0 Å². The lowest BCUT2D eigenvalue weighted by molar-refractivity contribution is 0.867. The Bertz CT molecular complexity index is 382. The van der Waals surface area contributed by atoms with Gasteiger partial charge >= 0.3 is 0 Å². The maximum absolute atomic E-state index is 3.11. The van der Waals surface area contributed by atoms with Gasteiger partial charge in [0.25, 0.3) is 0 Å². The number of hydrogen-bond acceptors (Lipinski definition) is 1. The van der Waals surface area contributed by atoms with Crippen molar-refractivity contribution in [2.24, 2.45) is 0 Å². The van der Waals surface area contributed by atoms with Crippen LogP contribution in [0.4, 0.5) is 0 Å². The average molecular weight is 201 g/mol. The standard InChI is InChI=1S/C13H13S/c1-10(2)11-5-7-12(8-6-11)13-4-3-9-14-13/h3-8,10H,1-2H3. The first-order valence-corrected chi connectivity index (χ1v) is 5.65. The summed E-state index contributed by atoms with van der Waals surface area (Å²) in [5.74, 6) is 0.610. The highest BCUT2D eigenvalue weighted by atomic mass is 32.1. The van der Waals surface area contributed by atoms with Gasteiger partial charge in [-0.05, 0) is 29.2 Å². The van der Waals surface area contributed by atoms with E-state index in [4.69, 9.17) is 0 Å². The molecule has 0 amide bonds. The van der Waals surface area contributed by atoms with E-state index in [0.29, 0.717) is 5.92 Å². The summed E-state index contributed by atoms with van der Waals surface area (Å²) in [7, 11) is 0. The third-order valence-corrected chi connectivity index (χ3v) is 3.18. The first-order valence-electron chi connectivity index (χ1n) is 4.83. The largest absolute Gasteiger partial charge is 0.134 e. The van der Waals surface area contributed by atoms with Crippen molar-refractivity contribution in [3.63, 3.8) is 0 Å². The van der Waals surface area contributed by atoms with Gasteiger partial charge in [-0.3, -0.25) is 0 Å². The summed E-state index contributed by atoms with van der Waals surface area (Å²) in [6, 6.07) is 12.9. The zero-order valence-corrected chi connectivity index (χ0v) is 9.27. The van der Waals surface area contributed by atoms with Gasteiger partial charge in [-0.2, -0.15) is 0 Å². The maximum Gasteiger partial charge on any atom is 0.0449 e. The lowest BCUT2D eigenvalue weighted by atomic mass is 10.0. The second-order valence-electron chi connectivity index (χ2n) is 3.69. The number of rotatable bonds is 2. The molecular formula is C13H13S. The van der Waals surface area contributed by atoms with E-state index in [9.17, 15) is 0 Å². The van der Waals surface area contributed by atoms with Crippen LogP contribution in [0.25, 0.3) is 10.4 Å². The topological polar surface area (TPSA) is 0 Å². The van der Waals surface area contributed by atoms with E-state index in [0.717, 1.165) is 0 Å². The molecule has 0 nitrogen and oxygen atoms in total. The van der Waals surface area contributed by atoms with Crippen LogP contribution >= 0.6 is 11.3 Å². The maximum atomic E-state index is 3.11. The molecule has 14 heavy (non-hydrogen) atoms. The summed E-state index contributed by atoms with van der Waals surface area (Å²) in [5, 5.41) is 3.11. The lowest BCUT2D eigenvalue weighted by Gasteiger charge is -2.05. The molecule has 2 aromatic rings. The monoisotopic (exact) mass is 201 g/mol. The van der Waals surface area contributed by atoms with Crippen molar-refractivity contribution in [2.75, 3.05) is 0 Å². The van der Waals surface area contributed by atoms with Crippen LogP contribution in [-0.2, 0) is 0 Å². The first-order chi connectivity index (χ1) is 6.77. The second kappa shape index (κ2) is 3.97. The molecule has 71 valence electrons. The summed E-state index contributed by atoms with van der Waals surface area (Å²) in [4.78, 5) is 1.29. The molecule has 1 radical (unpaired) electrons. The molecule has 0 saturated carbocycles. The lowest BCUT2D eigenvalue weighted by Crippen LogP contribution is -1.85. The normalized spacial score (nSPS) is 10.8. The van der Waals surface area contributed by atoms with Crippen molar-refractivity contribution in [3.8, 4) is 10.4 Å². The molecule has 0 unspecified atom stereocenters. The third-order valence-electron chi connectivity index (χ3n) is 2.33. The fraction of sp³-hybridized carbons (Fsp3) is 0.231. The predicted molar refractivity (Wildman–Crippen MR) is 62.7 cm³/mol. The fourth-order valence-electron chi connectivity index (χ4n) is 1.43. The van der Waals surface area contributed by atoms with Crippen LogP contribution in [0.2, 0.25) is 0 Å². The number of thiophene rings is 1. The zero-order chi connectivity index (χ0) is 9.97. The molecule has 0 aliphatic heterocycles. The van der Waals surface area contributed by atoms with Crippen molar-refractivity contribution in [3.05, 3.63) is 47.3 Å². The van der Waals surface area contributed by atoms with Crippen LogP contribution in [0, 0.1) is 5.38 Å². The van der Waals surface area contributed by atoms with E-state index < -0.39 is 0 Å². The summed E-state index contributed by atoms with van der Waals surface area (Å²) < 4.78 is 0. The van der Waals surface area contributed by atoms with E-state index in [1.54, 1.807) is 11.3 Å². The molecule has 1 aromatic carbocycles. The smallest absolute Gasteiger partial charge is 0.0449 e. The van der Waals surface area contributed by atoms with Crippen LogP contribution in [0.5, 0.6) is 0 Å². The van der Waals surface area contributed by atoms with Crippen molar-refractivity contribution in [1.29, 1.82) is 0 Å². The minimum atomic E-state index is 0.610. The molecule has 1 aromatic heterocycles. The van der Waals surface area contributed by atoms with Gasteiger partial charge in [0, 0.05) is 10.3 Å². The molecule has 1 heteroatoms. The van der Waals surface area contributed by atoms with Gasteiger partial charge in [0.2, 0.25) is 0 Å². The predicted octanol–water partition coefficient (Wildman–Crippen LogP) is 4.34. The molecular weight excluding hydrogens is 188 g/mol. The first kappa shape index (κ1) is 9.47. The summed E-state index contributed by atoms with van der Waals surface area (Å²) in [6.07, 6.45) is 0. The highest BCUT2D eigenvalue weighted by Crippen LogP contribution is 2.25. The molecule has 0 aliphatic rings. The number of hydrogen-bond donors (Lipinski definition) is 0. The zero-order valence-electron chi connectivity index (χ0n) is 8.45. The SMILES string of the molecule is CC(C)c1ccc(-c2cc[c]s2)cc1. The summed E-state index contributed by atoms with van der Waals surface area (Å²) in [5.41, 5.74) is 2.69. The quantitative estimate of drug-likeness (QED) is 0.678. The highest BCUT2D eigenvalue weighted by Gasteiger charge is 2.00. The van der Waals surface area contributed by atoms with Crippen LogP contribution < -0.4 is 0 Å². The van der Waals surface area contributed by atoms with E-state index in [1.165, 1.54) is 16.0 Å².